The standard InChI is InChI=1S/C14H26N2O3/c1-11(19-10-13-4-3-9-18-13)14(17)15-12-5-7-16(2)8-6-12/h11-13H,3-10H2,1-2H3,(H,15,17). The Bertz CT molecular complexity index is 284. The molecular weight excluding hydrogens is 244 g/mol. The average Bonchev–Trinajstić information content (AvgIpc) is 2.91. The molecular formula is C14H26N2O3. The summed E-state index contributed by atoms with van der Waals surface area (Å²) in [6.07, 6.45) is 4.00. The maximum Gasteiger partial charge on any atom is 0.249 e. The molecule has 5 nitrogen and oxygen atoms in total. The Hall–Kier alpha value is -0.650. The van der Waals surface area contributed by atoms with E-state index in [9.17, 15) is 4.79 Å². The van der Waals surface area contributed by atoms with E-state index < -0.39 is 0 Å². The van der Waals surface area contributed by atoms with Gasteiger partial charge in [-0.3, -0.25) is 4.79 Å². The molecule has 110 valence electrons. The van der Waals surface area contributed by atoms with Crippen molar-refractivity contribution in [2.75, 3.05) is 33.4 Å². The van der Waals surface area contributed by atoms with Crippen LogP contribution in [-0.4, -0.2) is 62.4 Å². The summed E-state index contributed by atoms with van der Waals surface area (Å²) >= 11 is 0. The lowest BCUT2D eigenvalue weighted by atomic mass is 10.1. The fraction of sp³-hybridized carbons (Fsp3) is 0.929. The maximum atomic E-state index is 12.0. The number of piperidine rings is 1. The number of likely N-dealkylation sites (tertiary alicyclic amines) is 1. The van der Waals surface area contributed by atoms with Crippen LogP contribution in [0.25, 0.3) is 0 Å². The molecule has 2 atom stereocenters. The molecule has 0 aromatic carbocycles. The summed E-state index contributed by atoms with van der Waals surface area (Å²) in [5.74, 6) is 0.00699. The van der Waals surface area contributed by atoms with Crippen LogP contribution in [-0.2, 0) is 14.3 Å². The number of nitrogens with zero attached hydrogens (tertiary/aromatic N) is 1. The van der Waals surface area contributed by atoms with E-state index in [1.54, 1.807) is 0 Å². The van der Waals surface area contributed by atoms with Crippen molar-refractivity contribution in [2.45, 2.75) is 50.9 Å². The summed E-state index contributed by atoms with van der Waals surface area (Å²) in [5, 5.41) is 3.08. The number of amides is 1. The van der Waals surface area contributed by atoms with Gasteiger partial charge in [0.1, 0.15) is 6.10 Å². The zero-order valence-corrected chi connectivity index (χ0v) is 12.1. The van der Waals surface area contributed by atoms with Crippen molar-refractivity contribution in [1.29, 1.82) is 0 Å². The Morgan fingerprint density at radius 3 is 2.79 bits per heavy atom. The van der Waals surface area contributed by atoms with Crippen LogP contribution in [0.5, 0.6) is 0 Å². The molecule has 2 unspecified atom stereocenters. The average molecular weight is 270 g/mol. The first-order valence-corrected chi connectivity index (χ1v) is 7.37. The second-order valence-electron chi connectivity index (χ2n) is 5.70. The minimum absolute atomic E-state index is 0.00699. The van der Waals surface area contributed by atoms with E-state index >= 15 is 0 Å². The first-order valence-electron chi connectivity index (χ1n) is 7.37. The van der Waals surface area contributed by atoms with Crippen molar-refractivity contribution in [2.24, 2.45) is 0 Å². The number of nitrogens with one attached hydrogen (secondary N) is 1. The molecule has 2 aliphatic heterocycles. The molecule has 0 aromatic rings. The van der Waals surface area contributed by atoms with Crippen molar-refractivity contribution in [3.63, 3.8) is 0 Å². The summed E-state index contributed by atoms with van der Waals surface area (Å²) in [7, 11) is 2.12. The number of rotatable bonds is 5. The molecule has 0 spiro atoms. The van der Waals surface area contributed by atoms with Crippen molar-refractivity contribution in [3.8, 4) is 0 Å². The Morgan fingerprint density at radius 2 is 2.16 bits per heavy atom. The van der Waals surface area contributed by atoms with Crippen LogP contribution < -0.4 is 5.32 Å². The van der Waals surface area contributed by atoms with Gasteiger partial charge in [-0.15, -0.1) is 0 Å². The number of carbonyl (C=O) groups excluding carboxylic acids is 1. The lowest BCUT2D eigenvalue weighted by molar-refractivity contribution is -0.134. The number of hydrogen-bond donors (Lipinski definition) is 1. The van der Waals surface area contributed by atoms with E-state index in [0.29, 0.717) is 12.6 Å². The third kappa shape index (κ3) is 4.75. The van der Waals surface area contributed by atoms with Crippen molar-refractivity contribution < 1.29 is 14.3 Å². The Morgan fingerprint density at radius 1 is 1.42 bits per heavy atom. The Labute approximate surface area is 115 Å². The lowest BCUT2D eigenvalue weighted by Crippen LogP contribution is -2.46. The summed E-state index contributed by atoms with van der Waals surface area (Å²) < 4.78 is 11.1. The molecule has 0 aliphatic carbocycles. The summed E-state index contributed by atoms with van der Waals surface area (Å²) in [4.78, 5) is 14.3. The van der Waals surface area contributed by atoms with Crippen molar-refractivity contribution in [1.82, 2.24) is 10.2 Å². The topological polar surface area (TPSA) is 50.8 Å². The van der Waals surface area contributed by atoms with Gasteiger partial charge < -0.3 is 19.7 Å². The molecule has 1 N–H and O–H groups in total. The van der Waals surface area contributed by atoms with Crippen LogP contribution >= 0.6 is 0 Å². The zero-order chi connectivity index (χ0) is 13.7. The van der Waals surface area contributed by atoms with Crippen LogP contribution in [0, 0.1) is 0 Å². The monoisotopic (exact) mass is 270 g/mol. The fourth-order valence-electron chi connectivity index (χ4n) is 2.57. The summed E-state index contributed by atoms with van der Waals surface area (Å²) in [6.45, 7) is 5.28. The van der Waals surface area contributed by atoms with E-state index in [1.807, 2.05) is 6.92 Å². The van der Waals surface area contributed by atoms with E-state index in [2.05, 4.69) is 17.3 Å². The predicted octanol–water partition coefficient (Wildman–Crippen LogP) is 0.781. The lowest BCUT2D eigenvalue weighted by Gasteiger charge is -2.30. The highest BCUT2D eigenvalue weighted by Gasteiger charge is 2.23. The normalized spacial score (nSPS) is 27.4. The second kappa shape index (κ2) is 7.22. The molecule has 0 bridgehead atoms. The molecule has 5 heteroatoms. The van der Waals surface area contributed by atoms with E-state index in [4.69, 9.17) is 9.47 Å². The molecule has 0 radical (unpaired) electrons. The number of ether oxygens (including phenoxy) is 2. The third-order valence-electron chi connectivity index (χ3n) is 3.99. The minimum atomic E-state index is -0.385. The van der Waals surface area contributed by atoms with E-state index in [1.165, 1.54) is 0 Å². The quantitative estimate of drug-likeness (QED) is 0.802. The van der Waals surface area contributed by atoms with Crippen LogP contribution in [0.3, 0.4) is 0 Å². The van der Waals surface area contributed by atoms with Gasteiger partial charge in [0, 0.05) is 12.6 Å². The molecule has 2 aliphatic rings. The second-order valence-corrected chi connectivity index (χ2v) is 5.70. The van der Waals surface area contributed by atoms with Gasteiger partial charge in [-0.25, -0.2) is 0 Å². The number of carbonyl (C=O) groups is 1. The Balaban J connectivity index is 1.64. The van der Waals surface area contributed by atoms with E-state index in [0.717, 1.165) is 45.4 Å². The minimum Gasteiger partial charge on any atom is -0.376 e. The molecule has 2 fully saturated rings. The van der Waals surface area contributed by atoms with Gasteiger partial charge in [-0.2, -0.15) is 0 Å². The maximum absolute atomic E-state index is 12.0. The van der Waals surface area contributed by atoms with Crippen LogP contribution in [0.1, 0.15) is 32.6 Å². The number of hydrogen-bond acceptors (Lipinski definition) is 4. The molecule has 2 heterocycles. The molecule has 19 heavy (non-hydrogen) atoms. The van der Waals surface area contributed by atoms with Gasteiger partial charge in [0.05, 0.1) is 12.7 Å². The predicted molar refractivity (Wildman–Crippen MR) is 73.0 cm³/mol. The van der Waals surface area contributed by atoms with Crippen molar-refractivity contribution >= 4 is 5.91 Å². The first kappa shape index (κ1) is 14.8. The van der Waals surface area contributed by atoms with Gasteiger partial charge in [0.15, 0.2) is 0 Å². The van der Waals surface area contributed by atoms with Gasteiger partial charge in [-0.05, 0) is 52.7 Å². The SMILES string of the molecule is CC(OCC1CCCO1)C(=O)NC1CCN(C)CC1. The van der Waals surface area contributed by atoms with Crippen LogP contribution in [0.15, 0.2) is 0 Å². The van der Waals surface area contributed by atoms with Crippen LogP contribution in [0.2, 0.25) is 0 Å². The van der Waals surface area contributed by atoms with E-state index in [-0.39, 0.29) is 18.1 Å². The Kier molecular flexibility index (Phi) is 5.60. The molecule has 2 rings (SSSR count). The van der Waals surface area contributed by atoms with Crippen LogP contribution in [0.4, 0.5) is 0 Å². The highest BCUT2D eigenvalue weighted by molar-refractivity contribution is 5.80. The molecule has 2 saturated heterocycles. The third-order valence-corrected chi connectivity index (χ3v) is 3.99. The highest BCUT2D eigenvalue weighted by atomic mass is 16.5. The molecule has 0 saturated carbocycles. The van der Waals surface area contributed by atoms with Gasteiger partial charge in [0.2, 0.25) is 5.91 Å². The van der Waals surface area contributed by atoms with Gasteiger partial charge in [0.25, 0.3) is 0 Å². The molecule has 1 amide bonds. The first-order chi connectivity index (χ1) is 9.15. The fourth-order valence-corrected chi connectivity index (χ4v) is 2.57. The largest absolute Gasteiger partial charge is 0.376 e. The summed E-state index contributed by atoms with van der Waals surface area (Å²) in [6, 6.07) is 0.303. The molecule has 0 aromatic heterocycles. The zero-order valence-electron chi connectivity index (χ0n) is 12.1. The summed E-state index contributed by atoms with van der Waals surface area (Å²) in [5.41, 5.74) is 0. The van der Waals surface area contributed by atoms with Gasteiger partial charge >= 0.3 is 0 Å². The highest BCUT2D eigenvalue weighted by Crippen LogP contribution is 2.13. The van der Waals surface area contributed by atoms with Crippen molar-refractivity contribution in [3.05, 3.63) is 0 Å². The smallest absolute Gasteiger partial charge is 0.249 e. The van der Waals surface area contributed by atoms with Gasteiger partial charge in [-0.1, -0.05) is 0 Å².